The molecule has 0 amide bonds. The van der Waals surface area contributed by atoms with E-state index in [-0.39, 0.29) is 25.0 Å². The smallest absolute Gasteiger partial charge is 0.306 e. The Morgan fingerprint density at radius 1 is 1.03 bits per heavy atom. The maximum Gasteiger partial charge on any atom is 0.306 e. The zero-order chi connectivity index (χ0) is 23.2. The molecule has 7 heteroatoms. The van der Waals surface area contributed by atoms with Gasteiger partial charge in [-0.15, -0.1) is 0 Å². The maximum absolute atomic E-state index is 13.0. The lowest BCUT2D eigenvalue weighted by molar-refractivity contribution is -0.145. The SMILES string of the molecule is CCCCn1c(=O)c(CCC(=O)OCc2nc(-c3ccccc3)oc2C)nc2ccccc21. The van der Waals surface area contributed by atoms with Crippen molar-refractivity contribution >= 4 is 17.0 Å². The monoisotopic (exact) mass is 445 g/mol. The first-order valence-corrected chi connectivity index (χ1v) is 11.2. The highest BCUT2D eigenvalue weighted by molar-refractivity contribution is 5.75. The number of aryl methyl sites for hydroxylation is 3. The molecule has 7 nitrogen and oxygen atoms in total. The van der Waals surface area contributed by atoms with Crippen LogP contribution in [0.15, 0.2) is 63.8 Å². The predicted octanol–water partition coefficient (Wildman–Crippen LogP) is 4.84. The van der Waals surface area contributed by atoms with Gasteiger partial charge in [0.2, 0.25) is 5.89 Å². The number of ether oxygens (including phenoxy) is 1. The number of hydrogen-bond donors (Lipinski definition) is 0. The van der Waals surface area contributed by atoms with Gasteiger partial charge >= 0.3 is 5.97 Å². The van der Waals surface area contributed by atoms with Crippen LogP contribution in [0.2, 0.25) is 0 Å². The summed E-state index contributed by atoms with van der Waals surface area (Å²) in [6.07, 6.45) is 2.17. The quantitative estimate of drug-likeness (QED) is 0.343. The highest BCUT2D eigenvalue weighted by atomic mass is 16.5. The molecule has 4 rings (SSSR count). The van der Waals surface area contributed by atoms with Gasteiger partial charge in [0.05, 0.1) is 17.5 Å². The van der Waals surface area contributed by atoms with Gasteiger partial charge in [-0.3, -0.25) is 9.59 Å². The summed E-state index contributed by atoms with van der Waals surface area (Å²) >= 11 is 0. The van der Waals surface area contributed by atoms with Crippen LogP contribution in [0.3, 0.4) is 0 Å². The molecule has 0 N–H and O–H groups in total. The van der Waals surface area contributed by atoms with Gasteiger partial charge in [0.25, 0.3) is 5.56 Å². The summed E-state index contributed by atoms with van der Waals surface area (Å²) in [7, 11) is 0. The number of esters is 1. The van der Waals surface area contributed by atoms with Crippen molar-refractivity contribution in [3.63, 3.8) is 0 Å². The number of nitrogens with zero attached hydrogens (tertiary/aromatic N) is 3. The Hall–Kier alpha value is -3.74. The van der Waals surface area contributed by atoms with Gasteiger partial charge in [-0.2, -0.15) is 0 Å². The number of carbonyl (C=O) groups excluding carboxylic acids is 1. The molecule has 0 saturated heterocycles. The average Bonchev–Trinajstić information content (AvgIpc) is 3.22. The van der Waals surface area contributed by atoms with Crippen LogP contribution in [0, 0.1) is 6.92 Å². The molecule has 0 spiro atoms. The van der Waals surface area contributed by atoms with Gasteiger partial charge in [0.15, 0.2) is 0 Å². The standard InChI is InChI=1S/C26H27N3O4/c1-3-4-16-29-23-13-9-8-12-20(23)27-21(26(29)31)14-15-24(30)32-17-22-18(2)33-25(28-22)19-10-6-5-7-11-19/h5-13H,3-4,14-17H2,1-2H3. The zero-order valence-corrected chi connectivity index (χ0v) is 18.9. The minimum atomic E-state index is -0.409. The van der Waals surface area contributed by atoms with Crippen LogP contribution in [0.1, 0.15) is 43.3 Å². The van der Waals surface area contributed by atoms with E-state index in [4.69, 9.17) is 9.15 Å². The lowest BCUT2D eigenvalue weighted by Gasteiger charge is -2.11. The second kappa shape index (κ2) is 10.3. The maximum atomic E-state index is 13.0. The van der Waals surface area contributed by atoms with Crippen LogP contribution >= 0.6 is 0 Å². The Labute approximate surface area is 192 Å². The van der Waals surface area contributed by atoms with Crippen molar-refractivity contribution in [2.24, 2.45) is 0 Å². The van der Waals surface area contributed by atoms with Crippen LogP contribution in [0.5, 0.6) is 0 Å². The number of unbranched alkanes of at least 4 members (excludes halogenated alkanes) is 1. The van der Waals surface area contributed by atoms with Gasteiger partial charge in [-0.05, 0) is 37.6 Å². The number of para-hydroxylation sites is 2. The fraction of sp³-hybridized carbons (Fsp3) is 0.308. The summed E-state index contributed by atoms with van der Waals surface area (Å²) in [5.74, 6) is 0.692. The topological polar surface area (TPSA) is 87.2 Å². The number of oxazole rings is 1. The van der Waals surface area contributed by atoms with E-state index < -0.39 is 5.97 Å². The van der Waals surface area contributed by atoms with E-state index in [2.05, 4.69) is 16.9 Å². The number of hydrogen-bond acceptors (Lipinski definition) is 6. The van der Waals surface area contributed by atoms with E-state index in [9.17, 15) is 9.59 Å². The van der Waals surface area contributed by atoms with E-state index >= 15 is 0 Å². The van der Waals surface area contributed by atoms with E-state index in [0.29, 0.717) is 29.6 Å². The normalized spacial score (nSPS) is 11.1. The fourth-order valence-corrected chi connectivity index (χ4v) is 3.65. The Kier molecular flexibility index (Phi) is 6.98. The van der Waals surface area contributed by atoms with Crippen molar-refractivity contribution in [2.45, 2.75) is 52.7 Å². The molecule has 0 aliphatic heterocycles. The van der Waals surface area contributed by atoms with Gasteiger partial charge in [0.1, 0.15) is 23.8 Å². The molecule has 33 heavy (non-hydrogen) atoms. The van der Waals surface area contributed by atoms with Crippen LogP contribution in [-0.4, -0.2) is 20.5 Å². The van der Waals surface area contributed by atoms with Crippen molar-refractivity contribution in [1.29, 1.82) is 0 Å². The molecule has 0 atom stereocenters. The first kappa shape index (κ1) is 22.5. The first-order chi connectivity index (χ1) is 16.1. The molecule has 2 aromatic carbocycles. The van der Waals surface area contributed by atoms with E-state index in [1.807, 2.05) is 54.6 Å². The third kappa shape index (κ3) is 5.19. The van der Waals surface area contributed by atoms with Gasteiger partial charge < -0.3 is 13.7 Å². The second-order valence-electron chi connectivity index (χ2n) is 7.91. The van der Waals surface area contributed by atoms with Crippen molar-refractivity contribution in [1.82, 2.24) is 14.5 Å². The molecular formula is C26H27N3O4. The summed E-state index contributed by atoms with van der Waals surface area (Å²) < 4.78 is 12.9. The number of aromatic nitrogens is 3. The average molecular weight is 446 g/mol. The summed E-state index contributed by atoms with van der Waals surface area (Å²) in [5, 5.41) is 0. The van der Waals surface area contributed by atoms with Crippen LogP contribution in [-0.2, 0) is 29.1 Å². The third-order valence-electron chi connectivity index (χ3n) is 5.50. The van der Waals surface area contributed by atoms with Gasteiger partial charge in [-0.25, -0.2) is 9.97 Å². The minimum absolute atomic E-state index is 0.0207. The van der Waals surface area contributed by atoms with Crippen molar-refractivity contribution in [2.75, 3.05) is 0 Å². The minimum Gasteiger partial charge on any atom is -0.459 e. The van der Waals surface area contributed by atoms with Crippen molar-refractivity contribution in [3.05, 3.63) is 82.1 Å². The molecule has 4 aromatic rings. The summed E-state index contributed by atoms with van der Waals surface area (Å²) in [6, 6.07) is 17.1. The molecular weight excluding hydrogens is 418 g/mol. The molecule has 0 bridgehead atoms. The zero-order valence-electron chi connectivity index (χ0n) is 18.9. The fourth-order valence-electron chi connectivity index (χ4n) is 3.65. The molecule has 2 heterocycles. The van der Waals surface area contributed by atoms with Crippen LogP contribution < -0.4 is 5.56 Å². The summed E-state index contributed by atoms with van der Waals surface area (Å²) in [4.78, 5) is 34.3. The predicted molar refractivity (Wildman–Crippen MR) is 126 cm³/mol. The Bertz CT molecular complexity index is 1310. The highest BCUT2D eigenvalue weighted by Gasteiger charge is 2.15. The Morgan fingerprint density at radius 3 is 2.58 bits per heavy atom. The van der Waals surface area contributed by atoms with Crippen LogP contribution in [0.25, 0.3) is 22.5 Å². The number of rotatable bonds is 9. The van der Waals surface area contributed by atoms with E-state index in [1.54, 1.807) is 11.5 Å². The molecule has 0 aliphatic rings. The lowest BCUT2D eigenvalue weighted by atomic mass is 10.2. The van der Waals surface area contributed by atoms with Crippen LogP contribution in [0.4, 0.5) is 0 Å². The van der Waals surface area contributed by atoms with Crippen molar-refractivity contribution in [3.8, 4) is 11.5 Å². The molecule has 0 saturated carbocycles. The second-order valence-corrected chi connectivity index (χ2v) is 7.91. The highest BCUT2D eigenvalue weighted by Crippen LogP contribution is 2.22. The molecule has 2 aromatic heterocycles. The summed E-state index contributed by atoms with van der Waals surface area (Å²) in [5.41, 5.74) is 3.25. The van der Waals surface area contributed by atoms with E-state index in [0.717, 1.165) is 29.4 Å². The first-order valence-electron chi connectivity index (χ1n) is 11.2. The van der Waals surface area contributed by atoms with E-state index in [1.165, 1.54) is 0 Å². The molecule has 170 valence electrons. The third-order valence-corrected chi connectivity index (χ3v) is 5.50. The molecule has 0 fully saturated rings. The Balaban J connectivity index is 1.42. The molecule has 0 unspecified atom stereocenters. The van der Waals surface area contributed by atoms with Gasteiger partial charge in [-0.1, -0.05) is 43.7 Å². The van der Waals surface area contributed by atoms with Crippen molar-refractivity contribution < 1.29 is 13.9 Å². The number of fused-ring (bicyclic) bond motifs is 1. The molecule has 0 radical (unpaired) electrons. The molecule has 0 aliphatic carbocycles. The largest absolute Gasteiger partial charge is 0.459 e. The number of carbonyl (C=O) groups is 1. The number of benzene rings is 2. The Morgan fingerprint density at radius 2 is 1.79 bits per heavy atom. The lowest BCUT2D eigenvalue weighted by Crippen LogP contribution is -2.26. The summed E-state index contributed by atoms with van der Waals surface area (Å²) in [6.45, 7) is 4.53. The van der Waals surface area contributed by atoms with Gasteiger partial charge in [0, 0.05) is 18.5 Å².